The maximum atomic E-state index is 3.86. The molecule has 0 nitrogen and oxygen atoms in total. The Labute approximate surface area is 81.0 Å². The summed E-state index contributed by atoms with van der Waals surface area (Å²) in [5.41, 5.74) is 0.480. The third-order valence-corrected chi connectivity index (χ3v) is 3.71. The van der Waals surface area contributed by atoms with Crippen molar-refractivity contribution >= 4 is 0 Å². The molecule has 1 saturated carbocycles. The molecule has 0 aromatic heterocycles. The number of rotatable bonds is 2. The minimum Gasteiger partial charge on any atom is -0.103 e. The first kappa shape index (κ1) is 8.80. The van der Waals surface area contributed by atoms with Crippen molar-refractivity contribution in [1.82, 2.24) is 0 Å². The molecule has 0 bridgehead atoms. The normalized spacial score (nSPS) is 41.9. The molecule has 0 heterocycles. The van der Waals surface area contributed by atoms with Crippen LogP contribution in [0.4, 0.5) is 0 Å². The smallest absolute Gasteiger partial charge is 0.0110 e. The van der Waals surface area contributed by atoms with Gasteiger partial charge in [-0.25, -0.2) is 0 Å². The van der Waals surface area contributed by atoms with Gasteiger partial charge < -0.3 is 0 Å². The summed E-state index contributed by atoms with van der Waals surface area (Å²) >= 11 is 0. The molecular weight excluding hydrogens is 156 g/mol. The Bertz CT molecular complexity index is 259. The van der Waals surface area contributed by atoms with Crippen LogP contribution in [0, 0.1) is 17.3 Å². The maximum Gasteiger partial charge on any atom is -0.0110 e. The molecule has 0 amide bonds. The van der Waals surface area contributed by atoms with Crippen LogP contribution < -0.4 is 0 Å². The molecule has 0 aliphatic heterocycles. The van der Waals surface area contributed by atoms with Crippen LogP contribution in [0.15, 0.2) is 37.0 Å². The molecule has 0 spiro atoms. The van der Waals surface area contributed by atoms with E-state index in [2.05, 4.69) is 43.9 Å². The summed E-state index contributed by atoms with van der Waals surface area (Å²) in [6, 6.07) is 0. The van der Waals surface area contributed by atoms with Gasteiger partial charge in [0.1, 0.15) is 0 Å². The van der Waals surface area contributed by atoms with E-state index >= 15 is 0 Å². The van der Waals surface area contributed by atoms with Gasteiger partial charge in [-0.2, -0.15) is 0 Å². The van der Waals surface area contributed by atoms with Gasteiger partial charge in [0.25, 0.3) is 0 Å². The van der Waals surface area contributed by atoms with Crippen LogP contribution in [0.2, 0.25) is 0 Å². The zero-order chi connectivity index (χ0) is 9.31. The molecule has 13 heavy (non-hydrogen) atoms. The Kier molecular flexibility index (Phi) is 2.15. The maximum absolute atomic E-state index is 3.86. The lowest BCUT2D eigenvalue weighted by Gasteiger charge is -2.31. The fraction of sp³-hybridized carbons (Fsp3) is 0.538. The second-order valence-corrected chi connectivity index (χ2v) is 4.64. The standard InChI is InChI=1S/C13H18/c1-3-9-13(2)10-8-11-6-4-5-7-12(11)13/h3-7,11-12H,1,8-10H2,2H3. The third-order valence-electron chi connectivity index (χ3n) is 3.71. The van der Waals surface area contributed by atoms with E-state index in [9.17, 15) is 0 Å². The molecule has 70 valence electrons. The van der Waals surface area contributed by atoms with Crippen molar-refractivity contribution in [2.75, 3.05) is 0 Å². The average Bonchev–Trinajstić information content (AvgIpc) is 2.46. The summed E-state index contributed by atoms with van der Waals surface area (Å²) in [6.07, 6.45) is 15.1. The lowest BCUT2D eigenvalue weighted by Crippen LogP contribution is -2.23. The Morgan fingerprint density at radius 2 is 2.23 bits per heavy atom. The number of hydrogen-bond acceptors (Lipinski definition) is 0. The molecule has 0 aromatic carbocycles. The van der Waals surface area contributed by atoms with Gasteiger partial charge in [-0.15, -0.1) is 6.58 Å². The highest BCUT2D eigenvalue weighted by atomic mass is 14.5. The topological polar surface area (TPSA) is 0 Å². The van der Waals surface area contributed by atoms with E-state index in [0.29, 0.717) is 5.41 Å². The monoisotopic (exact) mass is 174 g/mol. The quantitative estimate of drug-likeness (QED) is 0.560. The first-order valence-corrected chi connectivity index (χ1v) is 5.22. The van der Waals surface area contributed by atoms with Crippen LogP contribution in [0.5, 0.6) is 0 Å². The lowest BCUT2D eigenvalue weighted by atomic mass is 9.73. The summed E-state index contributed by atoms with van der Waals surface area (Å²) < 4.78 is 0. The summed E-state index contributed by atoms with van der Waals surface area (Å²) in [6.45, 7) is 6.27. The zero-order valence-corrected chi connectivity index (χ0v) is 8.37. The number of fused-ring (bicyclic) bond motifs is 1. The fourth-order valence-corrected chi connectivity index (χ4v) is 2.91. The summed E-state index contributed by atoms with van der Waals surface area (Å²) in [5, 5.41) is 0. The van der Waals surface area contributed by atoms with E-state index in [1.807, 2.05) is 0 Å². The Morgan fingerprint density at radius 3 is 3.00 bits per heavy atom. The third kappa shape index (κ3) is 1.39. The fourth-order valence-electron chi connectivity index (χ4n) is 2.91. The molecule has 3 atom stereocenters. The van der Waals surface area contributed by atoms with Crippen LogP contribution in [-0.4, -0.2) is 0 Å². The molecule has 0 N–H and O–H groups in total. The van der Waals surface area contributed by atoms with E-state index < -0.39 is 0 Å². The highest BCUT2D eigenvalue weighted by Crippen LogP contribution is 2.51. The molecule has 0 saturated heterocycles. The van der Waals surface area contributed by atoms with E-state index in [4.69, 9.17) is 0 Å². The van der Waals surface area contributed by atoms with Crippen molar-refractivity contribution < 1.29 is 0 Å². The highest BCUT2D eigenvalue weighted by molar-refractivity contribution is 5.20. The molecular formula is C13H18. The molecule has 1 fully saturated rings. The highest BCUT2D eigenvalue weighted by Gasteiger charge is 2.41. The zero-order valence-electron chi connectivity index (χ0n) is 8.37. The SMILES string of the molecule is C=CCC1(C)CCC2C=CC=CC21. The first-order valence-electron chi connectivity index (χ1n) is 5.22. The van der Waals surface area contributed by atoms with Crippen molar-refractivity contribution in [3.8, 4) is 0 Å². The first-order chi connectivity index (χ1) is 6.26. The summed E-state index contributed by atoms with van der Waals surface area (Å²) in [7, 11) is 0. The van der Waals surface area contributed by atoms with Crippen LogP contribution >= 0.6 is 0 Å². The summed E-state index contributed by atoms with van der Waals surface area (Å²) in [5.74, 6) is 1.56. The Hall–Kier alpha value is -0.780. The van der Waals surface area contributed by atoms with Gasteiger partial charge in [-0.3, -0.25) is 0 Å². The van der Waals surface area contributed by atoms with Crippen molar-refractivity contribution in [2.45, 2.75) is 26.2 Å². The predicted octanol–water partition coefficient (Wildman–Crippen LogP) is 3.72. The van der Waals surface area contributed by atoms with Gasteiger partial charge in [0.15, 0.2) is 0 Å². The lowest BCUT2D eigenvalue weighted by molar-refractivity contribution is 0.258. The van der Waals surface area contributed by atoms with Crippen molar-refractivity contribution in [1.29, 1.82) is 0 Å². The van der Waals surface area contributed by atoms with Gasteiger partial charge in [0.05, 0.1) is 0 Å². The van der Waals surface area contributed by atoms with Crippen molar-refractivity contribution in [3.05, 3.63) is 37.0 Å². The second kappa shape index (κ2) is 3.17. The van der Waals surface area contributed by atoms with E-state index in [1.54, 1.807) is 0 Å². The van der Waals surface area contributed by atoms with Crippen molar-refractivity contribution in [3.63, 3.8) is 0 Å². The minimum atomic E-state index is 0.480. The van der Waals surface area contributed by atoms with Crippen LogP contribution in [0.25, 0.3) is 0 Å². The van der Waals surface area contributed by atoms with Gasteiger partial charge >= 0.3 is 0 Å². The molecule has 0 heteroatoms. The van der Waals surface area contributed by atoms with Crippen molar-refractivity contribution in [2.24, 2.45) is 17.3 Å². The van der Waals surface area contributed by atoms with E-state index in [-0.39, 0.29) is 0 Å². The number of hydrogen-bond donors (Lipinski definition) is 0. The van der Waals surface area contributed by atoms with E-state index in [1.165, 1.54) is 12.8 Å². The molecule has 0 aromatic rings. The van der Waals surface area contributed by atoms with Gasteiger partial charge in [-0.05, 0) is 36.5 Å². The molecule has 2 aliphatic rings. The summed E-state index contributed by atoms with van der Waals surface area (Å²) in [4.78, 5) is 0. The molecule has 0 radical (unpaired) electrons. The van der Waals surface area contributed by atoms with E-state index in [0.717, 1.165) is 18.3 Å². The average molecular weight is 174 g/mol. The largest absolute Gasteiger partial charge is 0.103 e. The Morgan fingerprint density at radius 1 is 1.46 bits per heavy atom. The molecule has 3 unspecified atom stereocenters. The van der Waals surface area contributed by atoms with Crippen LogP contribution in [0.1, 0.15) is 26.2 Å². The predicted molar refractivity (Wildman–Crippen MR) is 57.4 cm³/mol. The van der Waals surface area contributed by atoms with Gasteiger partial charge in [-0.1, -0.05) is 37.3 Å². The second-order valence-electron chi connectivity index (χ2n) is 4.64. The Balaban J connectivity index is 2.20. The van der Waals surface area contributed by atoms with Crippen LogP contribution in [-0.2, 0) is 0 Å². The van der Waals surface area contributed by atoms with Crippen LogP contribution in [0.3, 0.4) is 0 Å². The van der Waals surface area contributed by atoms with Gasteiger partial charge in [0.2, 0.25) is 0 Å². The minimum absolute atomic E-state index is 0.480. The molecule has 2 rings (SSSR count). The molecule has 2 aliphatic carbocycles. The van der Waals surface area contributed by atoms with Gasteiger partial charge in [0, 0.05) is 0 Å². The number of allylic oxidation sites excluding steroid dienone is 5.